The van der Waals surface area contributed by atoms with Crippen molar-refractivity contribution in [1.29, 1.82) is 0 Å². The molecule has 0 saturated carbocycles. The van der Waals surface area contributed by atoms with Crippen LogP contribution in [0.3, 0.4) is 0 Å². The number of anilines is 3. The third kappa shape index (κ3) is 5.64. The number of rotatable bonds is 4. The van der Waals surface area contributed by atoms with E-state index >= 15 is 0 Å². The first-order valence-electron chi connectivity index (χ1n) is 28.0. The molecule has 3 heteroatoms. The van der Waals surface area contributed by atoms with Crippen LogP contribution in [-0.4, -0.2) is 0 Å². The van der Waals surface area contributed by atoms with Gasteiger partial charge in [-0.1, -0.05) is 182 Å². The van der Waals surface area contributed by atoms with Gasteiger partial charge in [0.1, 0.15) is 22.3 Å². The molecule has 3 nitrogen and oxygen atoms in total. The Kier molecular flexibility index (Phi) is 8.80. The minimum Gasteiger partial charge on any atom is -0.455 e. The number of para-hydroxylation sites is 2. The van der Waals surface area contributed by atoms with Gasteiger partial charge < -0.3 is 13.7 Å². The number of furan rings is 2. The van der Waals surface area contributed by atoms with Crippen LogP contribution in [0, 0.1) is 20.8 Å². The lowest BCUT2D eigenvalue weighted by Crippen LogP contribution is -2.24. The van der Waals surface area contributed by atoms with Crippen LogP contribution in [0.5, 0.6) is 0 Å². The molecule has 0 radical (unpaired) electrons. The van der Waals surface area contributed by atoms with E-state index in [2.05, 4.69) is 251 Å². The summed E-state index contributed by atoms with van der Waals surface area (Å²) in [4.78, 5) is 2.56. The van der Waals surface area contributed by atoms with Crippen LogP contribution in [0.25, 0.3) is 99.5 Å². The van der Waals surface area contributed by atoms with Crippen LogP contribution >= 0.6 is 0 Å². The molecule has 0 saturated heterocycles. The van der Waals surface area contributed by atoms with Gasteiger partial charge in [-0.2, -0.15) is 0 Å². The predicted molar refractivity (Wildman–Crippen MR) is 326 cm³/mol. The number of hydrogen-bond acceptors (Lipinski definition) is 3. The molecule has 4 aliphatic carbocycles. The second-order valence-corrected chi connectivity index (χ2v) is 25.3. The topological polar surface area (TPSA) is 29.5 Å². The van der Waals surface area contributed by atoms with E-state index in [0.717, 1.165) is 44.7 Å². The molecule has 78 heavy (non-hydrogen) atoms. The largest absolute Gasteiger partial charge is 0.455 e. The molecule has 0 aliphatic heterocycles. The molecule has 16 rings (SSSR count). The Bertz CT molecular complexity index is 4690. The van der Waals surface area contributed by atoms with E-state index in [1.54, 1.807) is 0 Å². The van der Waals surface area contributed by atoms with E-state index in [-0.39, 0.29) is 21.7 Å². The van der Waals surface area contributed by atoms with Gasteiger partial charge in [-0.25, -0.2) is 0 Å². The standard InChI is InChI=1S/C75H61NO2/c1-40-34-41(2)69(42(3)35-40)76(45-30-33-50-58(38-45)75(10,11)67-63(50)65-52-23-15-19-27-61(52)78-71(65)66-48-21-13-17-25-55(48)74(8,9)68(66)67)44-29-32-49-57(37-44)73(6,7)59-39-53(70-64(62(49)59)51-22-14-18-26-60(51)77-70)43-28-31-47-46-20-12-16-24-54(46)72(4,5)56(47)36-43/h12-39H,1-11H3. The van der Waals surface area contributed by atoms with Crippen LogP contribution < -0.4 is 4.90 Å². The summed E-state index contributed by atoms with van der Waals surface area (Å²) in [7, 11) is 0. The van der Waals surface area contributed by atoms with Crippen molar-refractivity contribution in [2.45, 2.75) is 97.8 Å². The second kappa shape index (κ2) is 15.0. The van der Waals surface area contributed by atoms with Gasteiger partial charge in [-0.05, 0) is 169 Å². The van der Waals surface area contributed by atoms with E-state index in [1.807, 2.05) is 0 Å². The van der Waals surface area contributed by atoms with Crippen LogP contribution in [0.15, 0.2) is 179 Å². The Labute approximate surface area is 456 Å². The van der Waals surface area contributed by atoms with E-state index in [0.29, 0.717) is 0 Å². The fourth-order valence-corrected chi connectivity index (χ4v) is 15.9. The third-order valence-electron chi connectivity index (χ3n) is 19.4. The molecule has 0 atom stereocenters. The third-order valence-corrected chi connectivity index (χ3v) is 19.4. The number of benzene rings is 10. The van der Waals surface area contributed by atoms with Crippen molar-refractivity contribution in [3.63, 3.8) is 0 Å². The highest BCUT2D eigenvalue weighted by Crippen LogP contribution is 2.64. The second-order valence-electron chi connectivity index (χ2n) is 25.3. The van der Waals surface area contributed by atoms with Crippen molar-refractivity contribution in [3.05, 3.63) is 231 Å². The number of aryl methyl sites for hydroxylation is 3. The molecule has 0 fully saturated rings. The summed E-state index contributed by atoms with van der Waals surface area (Å²) in [5, 5.41) is 4.74. The summed E-state index contributed by atoms with van der Waals surface area (Å²) in [6, 6.07) is 64.2. The molecule has 10 aromatic carbocycles. The monoisotopic (exact) mass is 1010 g/mol. The SMILES string of the molecule is Cc1cc(C)c(N(c2ccc3c(c2)C(C)(C)c2cc(-c4ccc5c(c4)C(C)(C)c4ccccc4-5)c4oc5ccccc5c4c2-3)c2ccc3c(c2)C(C)(C)c2c4c(c5oc6ccccc6c5c2-3)-c2ccccc2C4(C)C)c(C)c1. The Balaban J connectivity index is 0.901. The predicted octanol–water partition coefficient (Wildman–Crippen LogP) is 20.8. The number of fused-ring (bicyclic) bond motifs is 22. The van der Waals surface area contributed by atoms with Crippen LogP contribution in [0.2, 0.25) is 0 Å². The first-order valence-corrected chi connectivity index (χ1v) is 28.0. The van der Waals surface area contributed by atoms with Gasteiger partial charge in [0.15, 0.2) is 0 Å². The molecule has 0 unspecified atom stereocenters. The molecule has 0 N–H and O–H groups in total. The van der Waals surface area contributed by atoms with Crippen molar-refractivity contribution in [3.8, 4) is 55.6 Å². The smallest absolute Gasteiger partial charge is 0.144 e. The molecule has 378 valence electrons. The summed E-state index contributed by atoms with van der Waals surface area (Å²) in [6.45, 7) is 26.2. The molecular weight excluding hydrogens is 947 g/mol. The Morgan fingerprint density at radius 1 is 0.346 bits per heavy atom. The van der Waals surface area contributed by atoms with Crippen molar-refractivity contribution >= 4 is 60.9 Å². The van der Waals surface area contributed by atoms with Gasteiger partial charge in [0.2, 0.25) is 0 Å². The fraction of sp³-hybridized carbons (Fsp3) is 0.200. The summed E-state index contributed by atoms with van der Waals surface area (Å²) >= 11 is 0. The molecule has 0 bridgehead atoms. The zero-order valence-electron chi connectivity index (χ0n) is 46.4. The molecule has 2 aromatic heterocycles. The van der Waals surface area contributed by atoms with Crippen molar-refractivity contribution in [2.24, 2.45) is 0 Å². The quantitative estimate of drug-likeness (QED) is 0.176. The lowest BCUT2D eigenvalue weighted by Gasteiger charge is -2.33. The van der Waals surface area contributed by atoms with Crippen LogP contribution in [0.4, 0.5) is 17.1 Å². The van der Waals surface area contributed by atoms with Gasteiger partial charge in [-0.15, -0.1) is 0 Å². The fourth-order valence-electron chi connectivity index (χ4n) is 15.9. The van der Waals surface area contributed by atoms with E-state index < -0.39 is 0 Å². The van der Waals surface area contributed by atoms with Gasteiger partial charge in [0.05, 0.1) is 5.69 Å². The Morgan fingerprint density at radius 3 is 1.47 bits per heavy atom. The highest BCUT2D eigenvalue weighted by Gasteiger charge is 2.49. The minimum atomic E-state index is -0.345. The van der Waals surface area contributed by atoms with E-state index in [1.165, 1.54) is 133 Å². The first kappa shape index (κ1) is 45.8. The number of hydrogen-bond donors (Lipinski definition) is 0. The maximum absolute atomic E-state index is 7.05. The van der Waals surface area contributed by atoms with Crippen molar-refractivity contribution in [1.82, 2.24) is 0 Å². The lowest BCUT2D eigenvalue weighted by molar-refractivity contribution is 0.600. The van der Waals surface area contributed by atoms with Crippen molar-refractivity contribution < 1.29 is 8.83 Å². The summed E-state index contributed by atoms with van der Waals surface area (Å²) in [5.74, 6) is 0. The number of nitrogens with zero attached hydrogens (tertiary/aromatic N) is 1. The highest BCUT2D eigenvalue weighted by molar-refractivity contribution is 6.22. The summed E-state index contributed by atoms with van der Waals surface area (Å²) in [5.41, 5.74) is 33.6. The Hall–Kier alpha value is -8.40. The minimum absolute atomic E-state index is 0.124. The highest BCUT2D eigenvalue weighted by atomic mass is 16.3. The molecule has 12 aromatic rings. The van der Waals surface area contributed by atoms with E-state index in [9.17, 15) is 0 Å². The van der Waals surface area contributed by atoms with E-state index in [4.69, 9.17) is 8.83 Å². The summed E-state index contributed by atoms with van der Waals surface area (Å²) in [6.07, 6.45) is 0. The maximum Gasteiger partial charge on any atom is 0.144 e. The van der Waals surface area contributed by atoms with Gasteiger partial charge in [-0.3, -0.25) is 0 Å². The average Bonchev–Trinajstić information content (AvgIpc) is 3.39. The molecule has 0 spiro atoms. The molecule has 2 heterocycles. The van der Waals surface area contributed by atoms with Gasteiger partial charge in [0.25, 0.3) is 0 Å². The van der Waals surface area contributed by atoms with Crippen LogP contribution in [-0.2, 0) is 21.7 Å². The van der Waals surface area contributed by atoms with Gasteiger partial charge in [0, 0.05) is 65.7 Å². The molecule has 0 amide bonds. The normalized spacial score (nSPS) is 16.0. The average molecular weight is 1010 g/mol. The Morgan fingerprint density at radius 2 is 0.808 bits per heavy atom. The zero-order valence-corrected chi connectivity index (χ0v) is 46.4. The summed E-state index contributed by atoms with van der Waals surface area (Å²) < 4.78 is 14.1. The molecule has 4 aliphatic rings. The molecular formula is C75H61NO2. The zero-order chi connectivity index (χ0) is 53.3. The van der Waals surface area contributed by atoms with Crippen molar-refractivity contribution in [2.75, 3.05) is 4.90 Å². The maximum atomic E-state index is 7.05. The van der Waals surface area contributed by atoms with Gasteiger partial charge >= 0.3 is 0 Å². The lowest BCUT2D eigenvalue weighted by atomic mass is 9.72. The first-order chi connectivity index (χ1) is 37.5. The van der Waals surface area contributed by atoms with Crippen LogP contribution in [0.1, 0.15) is 117 Å².